The topological polar surface area (TPSA) is 72.8 Å². The van der Waals surface area contributed by atoms with E-state index in [1.165, 1.54) is 20.3 Å². The molecule has 0 unspecified atom stereocenters. The predicted molar refractivity (Wildman–Crippen MR) is 60.9 cm³/mol. The molecule has 1 aromatic carbocycles. The first kappa shape index (κ1) is 13.0. The first-order valence-electron chi connectivity index (χ1n) is 4.97. The molecule has 0 amide bonds. The van der Waals surface area contributed by atoms with Gasteiger partial charge in [0.05, 0.1) is 19.8 Å². The second kappa shape index (κ2) is 5.34. The third-order valence-corrected chi connectivity index (χ3v) is 2.33. The van der Waals surface area contributed by atoms with Crippen LogP contribution < -0.4 is 9.47 Å². The third kappa shape index (κ3) is 2.96. The Morgan fingerprint density at radius 2 is 1.76 bits per heavy atom. The van der Waals surface area contributed by atoms with Gasteiger partial charge in [-0.2, -0.15) is 0 Å². The molecule has 0 saturated carbocycles. The van der Waals surface area contributed by atoms with E-state index < -0.39 is 18.2 Å². The summed E-state index contributed by atoms with van der Waals surface area (Å²) in [6.45, 7) is 1.81. The summed E-state index contributed by atoms with van der Waals surface area (Å²) in [5.41, 5.74) is 1.04. The second-order valence-corrected chi connectivity index (χ2v) is 3.52. The number of hydrogen-bond acceptors (Lipinski definition) is 4. The van der Waals surface area contributed by atoms with Gasteiger partial charge in [-0.25, -0.2) is 0 Å². The number of aliphatic carboxylic acids is 1. The van der Waals surface area contributed by atoms with Crippen LogP contribution in [0, 0.1) is 6.92 Å². The number of ether oxygens (including phenoxy) is 2. The van der Waals surface area contributed by atoms with E-state index in [4.69, 9.17) is 14.6 Å². The SMILES string of the molecule is COc1cc(C(=O)CC(=O)O)c(OC)cc1C. The Hall–Kier alpha value is -2.04. The van der Waals surface area contributed by atoms with Gasteiger partial charge in [-0.3, -0.25) is 9.59 Å². The molecule has 0 fully saturated rings. The first-order chi connectivity index (χ1) is 7.99. The Kier molecular flexibility index (Phi) is 4.09. The highest BCUT2D eigenvalue weighted by Gasteiger charge is 2.17. The maximum absolute atomic E-state index is 11.7. The van der Waals surface area contributed by atoms with Crippen LogP contribution in [-0.4, -0.2) is 31.1 Å². The van der Waals surface area contributed by atoms with Crippen molar-refractivity contribution in [2.24, 2.45) is 0 Å². The number of carbonyl (C=O) groups excluding carboxylic acids is 1. The quantitative estimate of drug-likeness (QED) is 0.624. The summed E-state index contributed by atoms with van der Waals surface area (Å²) in [4.78, 5) is 22.2. The van der Waals surface area contributed by atoms with Crippen molar-refractivity contribution in [3.05, 3.63) is 23.3 Å². The molecule has 92 valence electrons. The Morgan fingerprint density at radius 3 is 2.24 bits per heavy atom. The van der Waals surface area contributed by atoms with Gasteiger partial charge in [-0.15, -0.1) is 0 Å². The lowest BCUT2D eigenvalue weighted by molar-refractivity contribution is -0.135. The Balaban J connectivity index is 3.20. The molecule has 0 radical (unpaired) electrons. The van der Waals surface area contributed by atoms with E-state index in [9.17, 15) is 9.59 Å². The molecule has 0 aromatic heterocycles. The number of ketones is 1. The molecule has 1 aromatic rings. The van der Waals surface area contributed by atoms with E-state index in [0.717, 1.165) is 5.56 Å². The zero-order valence-electron chi connectivity index (χ0n) is 9.94. The number of hydrogen-bond donors (Lipinski definition) is 1. The summed E-state index contributed by atoms with van der Waals surface area (Å²) in [5.74, 6) is -0.793. The van der Waals surface area contributed by atoms with E-state index in [-0.39, 0.29) is 5.56 Å². The van der Waals surface area contributed by atoms with Crippen LogP contribution in [0.5, 0.6) is 11.5 Å². The summed E-state index contributed by atoms with van der Waals surface area (Å²) >= 11 is 0. The molecule has 0 bridgehead atoms. The fourth-order valence-electron chi connectivity index (χ4n) is 1.50. The number of rotatable bonds is 5. The summed E-state index contributed by atoms with van der Waals surface area (Å²) in [6.07, 6.45) is -0.567. The number of aryl methyl sites for hydroxylation is 1. The number of methoxy groups -OCH3 is 2. The highest BCUT2D eigenvalue weighted by atomic mass is 16.5. The number of carboxylic acid groups (broad SMARTS) is 1. The van der Waals surface area contributed by atoms with Crippen molar-refractivity contribution in [2.75, 3.05) is 14.2 Å². The highest BCUT2D eigenvalue weighted by molar-refractivity contribution is 6.07. The van der Waals surface area contributed by atoms with Gasteiger partial charge >= 0.3 is 5.97 Å². The fraction of sp³-hybridized carbons (Fsp3) is 0.333. The fourth-order valence-corrected chi connectivity index (χ4v) is 1.50. The molecule has 0 aliphatic carbocycles. The minimum absolute atomic E-state index is 0.220. The maximum Gasteiger partial charge on any atom is 0.311 e. The van der Waals surface area contributed by atoms with Crippen molar-refractivity contribution in [2.45, 2.75) is 13.3 Å². The molecule has 17 heavy (non-hydrogen) atoms. The summed E-state index contributed by atoms with van der Waals surface area (Å²) < 4.78 is 10.1. The third-order valence-electron chi connectivity index (χ3n) is 2.33. The zero-order chi connectivity index (χ0) is 13.0. The van der Waals surface area contributed by atoms with Gasteiger partial charge in [0.1, 0.15) is 17.9 Å². The van der Waals surface area contributed by atoms with Gasteiger partial charge in [-0.05, 0) is 24.6 Å². The zero-order valence-corrected chi connectivity index (χ0v) is 9.94. The molecule has 5 heteroatoms. The van der Waals surface area contributed by atoms with Crippen LogP contribution in [0.1, 0.15) is 22.3 Å². The van der Waals surface area contributed by atoms with Crippen LogP contribution in [0.25, 0.3) is 0 Å². The average Bonchev–Trinajstić information content (AvgIpc) is 2.27. The largest absolute Gasteiger partial charge is 0.496 e. The van der Waals surface area contributed by atoms with Gasteiger partial charge in [0.25, 0.3) is 0 Å². The van der Waals surface area contributed by atoms with E-state index in [1.54, 1.807) is 6.07 Å². The minimum Gasteiger partial charge on any atom is -0.496 e. The lowest BCUT2D eigenvalue weighted by Crippen LogP contribution is -2.09. The van der Waals surface area contributed by atoms with Crippen LogP contribution in [0.15, 0.2) is 12.1 Å². The predicted octanol–water partition coefficient (Wildman–Crippen LogP) is 1.67. The van der Waals surface area contributed by atoms with Crippen molar-refractivity contribution in [1.29, 1.82) is 0 Å². The summed E-state index contributed by atoms with van der Waals surface area (Å²) in [5, 5.41) is 8.60. The summed E-state index contributed by atoms with van der Waals surface area (Å²) in [6, 6.07) is 3.15. The molecule has 1 N–H and O–H groups in total. The van der Waals surface area contributed by atoms with Crippen LogP contribution >= 0.6 is 0 Å². The maximum atomic E-state index is 11.7. The normalized spacial score (nSPS) is 9.82. The van der Waals surface area contributed by atoms with Gasteiger partial charge in [0.2, 0.25) is 0 Å². The van der Waals surface area contributed by atoms with E-state index in [2.05, 4.69) is 0 Å². The van der Waals surface area contributed by atoms with Crippen LogP contribution in [0.4, 0.5) is 0 Å². The molecule has 0 spiro atoms. The van der Waals surface area contributed by atoms with E-state index in [1.807, 2.05) is 6.92 Å². The van der Waals surface area contributed by atoms with Crippen molar-refractivity contribution < 1.29 is 24.2 Å². The molecule has 5 nitrogen and oxygen atoms in total. The lowest BCUT2D eigenvalue weighted by Gasteiger charge is -2.11. The van der Waals surface area contributed by atoms with E-state index in [0.29, 0.717) is 11.5 Å². The Bertz CT molecular complexity index is 450. The first-order valence-corrected chi connectivity index (χ1v) is 4.97. The Labute approximate surface area is 99.0 Å². The number of benzene rings is 1. The minimum atomic E-state index is -1.17. The molecule has 0 heterocycles. The number of Topliss-reactive ketones (excluding diaryl/α,β-unsaturated/α-hetero) is 1. The van der Waals surface area contributed by atoms with Crippen LogP contribution in [0.3, 0.4) is 0 Å². The number of carbonyl (C=O) groups is 2. The molecule has 0 saturated heterocycles. The molecule has 1 rings (SSSR count). The Morgan fingerprint density at radius 1 is 1.18 bits per heavy atom. The van der Waals surface area contributed by atoms with Gasteiger partial charge < -0.3 is 14.6 Å². The van der Waals surface area contributed by atoms with Crippen LogP contribution in [0.2, 0.25) is 0 Å². The summed E-state index contributed by atoms with van der Waals surface area (Å²) in [7, 11) is 2.92. The van der Waals surface area contributed by atoms with Crippen molar-refractivity contribution in [3.8, 4) is 11.5 Å². The monoisotopic (exact) mass is 238 g/mol. The van der Waals surface area contributed by atoms with Crippen molar-refractivity contribution in [1.82, 2.24) is 0 Å². The van der Waals surface area contributed by atoms with Gasteiger partial charge in [-0.1, -0.05) is 0 Å². The molecule has 0 aliphatic heterocycles. The lowest BCUT2D eigenvalue weighted by atomic mass is 10.0. The number of carboxylic acids is 1. The highest BCUT2D eigenvalue weighted by Crippen LogP contribution is 2.29. The second-order valence-electron chi connectivity index (χ2n) is 3.52. The van der Waals surface area contributed by atoms with Crippen molar-refractivity contribution >= 4 is 11.8 Å². The average molecular weight is 238 g/mol. The van der Waals surface area contributed by atoms with Gasteiger partial charge in [0, 0.05) is 0 Å². The van der Waals surface area contributed by atoms with Crippen molar-refractivity contribution in [3.63, 3.8) is 0 Å². The van der Waals surface area contributed by atoms with Gasteiger partial charge in [0.15, 0.2) is 5.78 Å². The standard InChI is InChI=1S/C12H14O5/c1-7-4-11(17-3)8(5-10(7)16-2)9(13)6-12(14)15/h4-5H,6H2,1-3H3,(H,14,15). The van der Waals surface area contributed by atoms with Crippen LogP contribution in [-0.2, 0) is 4.79 Å². The smallest absolute Gasteiger partial charge is 0.311 e. The van der Waals surface area contributed by atoms with E-state index >= 15 is 0 Å². The molecule has 0 atom stereocenters. The molecular formula is C12H14O5. The molecular weight excluding hydrogens is 224 g/mol. The molecule has 0 aliphatic rings.